The molecule has 0 bridgehead atoms. The molecule has 0 spiro atoms. The molecule has 0 amide bonds. The zero-order valence-electron chi connectivity index (χ0n) is 9.28. The van der Waals surface area contributed by atoms with Gasteiger partial charge >= 0.3 is 5.97 Å². The van der Waals surface area contributed by atoms with E-state index < -0.39 is 11.4 Å². The molecule has 4 nitrogen and oxygen atoms in total. The summed E-state index contributed by atoms with van der Waals surface area (Å²) in [5, 5.41) is 19.2. The SMILES string of the molecule is COc1c(C)ccc(C2(C(=O)O)CC2)c1O. The first kappa shape index (κ1) is 10.8. The maximum absolute atomic E-state index is 11.2. The van der Waals surface area contributed by atoms with Gasteiger partial charge in [0.05, 0.1) is 12.5 Å². The summed E-state index contributed by atoms with van der Waals surface area (Å²) >= 11 is 0. The molecule has 1 saturated carbocycles. The highest BCUT2D eigenvalue weighted by Gasteiger charge is 2.53. The largest absolute Gasteiger partial charge is 0.504 e. The Morgan fingerprint density at radius 3 is 2.50 bits per heavy atom. The van der Waals surface area contributed by atoms with Gasteiger partial charge in [-0.05, 0) is 25.3 Å². The number of ether oxygens (including phenoxy) is 1. The van der Waals surface area contributed by atoms with Crippen molar-refractivity contribution >= 4 is 5.97 Å². The lowest BCUT2D eigenvalue weighted by Crippen LogP contribution is -2.19. The van der Waals surface area contributed by atoms with Crippen molar-refractivity contribution in [1.29, 1.82) is 0 Å². The molecule has 16 heavy (non-hydrogen) atoms. The standard InChI is InChI=1S/C12H14O4/c1-7-3-4-8(9(13)10(7)16-2)12(5-6-12)11(14)15/h3-4,13H,5-6H2,1-2H3,(H,14,15). The Morgan fingerprint density at radius 2 is 2.06 bits per heavy atom. The second-order valence-corrected chi connectivity index (χ2v) is 4.20. The Hall–Kier alpha value is -1.71. The molecule has 1 aliphatic rings. The first-order chi connectivity index (χ1) is 7.53. The molecule has 0 unspecified atom stereocenters. The average Bonchev–Trinajstić information content (AvgIpc) is 2.99. The van der Waals surface area contributed by atoms with Crippen molar-refractivity contribution in [3.05, 3.63) is 23.3 Å². The van der Waals surface area contributed by atoms with Gasteiger partial charge in [0.25, 0.3) is 0 Å². The highest BCUT2D eigenvalue weighted by molar-refractivity contribution is 5.86. The van der Waals surface area contributed by atoms with Crippen LogP contribution in [0.15, 0.2) is 12.1 Å². The van der Waals surface area contributed by atoms with E-state index in [4.69, 9.17) is 9.84 Å². The van der Waals surface area contributed by atoms with E-state index in [1.165, 1.54) is 7.11 Å². The van der Waals surface area contributed by atoms with Crippen molar-refractivity contribution in [3.63, 3.8) is 0 Å². The van der Waals surface area contributed by atoms with Crippen LogP contribution in [-0.2, 0) is 10.2 Å². The van der Waals surface area contributed by atoms with E-state index in [9.17, 15) is 9.90 Å². The lowest BCUT2D eigenvalue weighted by molar-refractivity contribution is -0.140. The smallest absolute Gasteiger partial charge is 0.314 e. The topological polar surface area (TPSA) is 66.8 Å². The monoisotopic (exact) mass is 222 g/mol. The molecular weight excluding hydrogens is 208 g/mol. The van der Waals surface area contributed by atoms with Gasteiger partial charge in [0, 0.05) is 5.56 Å². The predicted octanol–water partition coefficient (Wildman–Crippen LogP) is 1.83. The van der Waals surface area contributed by atoms with Crippen LogP contribution in [0.4, 0.5) is 0 Å². The number of phenols is 1. The molecule has 4 heteroatoms. The molecule has 1 aromatic carbocycles. The Labute approximate surface area is 93.5 Å². The van der Waals surface area contributed by atoms with Crippen LogP contribution in [0.5, 0.6) is 11.5 Å². The molecule has 2 N–H and O–H groups in total. The third kappa shape index (κ3) is 1.33. The second-order valence-electron chi connectivity index (χ2n) is 4.20. The molecule has 0 radical (unpaired) electrons. The summed E-state index contributed by atoms with van der Waals surface area (Å²) in [4.78, 5) is 11.2. The number of aromatic hydroxyl groups is 1. The molecule has 1 fully saturated rings. The molecule has 0 aliphatic heterocycles. The Balaban J connectivity index is 2.55. The van der Waals surface area contributed by atoms with Crippen LogP contribution in [0, 0.1) is 6.92 Å². The van der Waals surface area contributed by atoms with Crippen molar-refractivity contribution in [2.75, 3.05) is 7.11 Å². The fourth-order valence-electron chi connectivity index (χ4n) is 2.04. The number of carbonyl (C=O) groups is 1. The molecule has 0 atom stereocenters. The van der Waals surface area contributed by atoms with Crippen molar-refractivity contribution in [2.45, 2.75) is 25.2 Å². The second kappa shape index (κ2) is 3.40. The van der Waals surface area contributed by atoms with Gasteiger partial charge < -0.3 is 14.9 Å². The first-order valence-electron chi connectivity index (χ1n) is 5.13. The van der Waals surface area contributed by atoms with Crippen molar-refractivity contribution < 1.29 is 19.7 Å². The maximum Gasteiger partial charge on any atom is 0.314 e. The van der Waals surface area contributed by atoms with Gasteiger partial charge in [-0.25, -0.2) is 0 Å². The Bertz CT molecular complexity index is 447. The van der Waals surface area contributed by atoms with E-state index in [0.717, 1.165) is 5.56 Å². The maximum atomic E-state index is 11.2. The summed E-state index contributed by atoms with van der Waals surface area (Å²) in [6.45, 7) is 1.81. The quantitative estimate of drug-likeness (QED) is 0.818. The number of hydrogen-bond donors (Lipinski definition) is 2. The number of rotatable bonds is 3. The van der Waals surface area contributed by atoms with Crippen molar-refractivity contribution in [3.8, 4) is 11.5 Å². The van der Waals surface area contributed by atoms with Gasteiger partial charge in [-0.2, -0.15) is 0 Å². The molecule has 2 rings (SSSR count). The molecule has 0 saturated heterocycles. The van der Waals surface area contributed by atoms with E-state index in [1.807, 2.05) is 6.92 Å². The minimum absolute atomic E-state index is 0.0394. The van der Waals surface area contributed by atoms with Crippen LogP contribution in [0.1, 0.15) is 24.0 Å². The molecular formula is C12H14O4. The van der Waals surface area contributed by atoms with Crippen molar-refractivity contribution in [1.82, 2.24) is 0 Å². The summed E-state index contributed by atoms with van der Waals surface area (Å²) in [5.41, 5.74) is 0.359. The van der Waals surface area contributed by atoms with Gasteiger partial charge in [0.2, 0.25) is 0 Å². The zero-order chi connectivity index (χ0) is 11.9. The number of aryl methyl sites for hydroxylation is 1. The number of carboxylic acid groups (broad SMARTS) is 1. The Kier molecular flexibility index (Phi) is 2.30. The van der Waals surface area contributed by atoms with Gasteiger partial charge in [0.15, 0.2) is 11.5 Å². The summed E-state index contributed by atoms with van der Waals surface area (Å²) in [5.74, 6) is -0.555. The normalized spacial score (nSPS) is 16.9. The number of benzene rings is 1. The average molecular weight is 222 g/mol. The van der Waals surface area contributed by atoms with E-state index in [1.54, 1.807) is 12.1 Å². The minimum Gasteiger partial charge on any atom is -0.504 e. The van der Waals surface area contributed by atoms with Crippen molar-refractivity contribution in [2.24, 2.45) is 0 Å². The third-order valence-corrected chi connectivity index (χ3v) is 3.21. The molecule has 86 valence electrons. The van der Waals surface area contributed by atoms with Crippen LogP contribution < -0.4 is 4.74 Å². The highest BCUT2D eigenvalue weighted by atomic mass is 16.5. The van der Waals surface area contributed by atoms with Gasteiger partial charge in [-0.15, -0.1) is 0 Å². The van der Waals surface area contributed by atoms with Gasteiger partial charge in [0.1, 0.15) is 0 Å². The van der Waals surface area contributed by atoms with Gasteiger partial charge in [-0.1, -0.05) is 12.1 Å². The third-order valence-electron chi connectivity index (χ3n) is 3.21. The number of carboxylic acids is 1. The molecule has 0 heterocycles. The minimum atomic E-state index is -0.898. The Morgan fingerprint density at radius 1 is 1.44 bits per heavy atom. The number of methoxy groups -OCH3 is 1. The fourth-order valence-corrected chi connectivity index (χ4v) is 2.04. The van der Waals surface area contributed by atoms with Crippen LogP contribution in [-0.4, -0.2) is 23.3 Å². The van der Waals surface area contributed by atoms with E-state index in [-0.39, 0.29) is 5.75 Å². The lowest BCUT2D eigenvalue weighted by Gasteiger charge is -2.16. The molecule has 1 aliphatic carbocycles. The van der Waals surface area contributed by atoms with Crippen LogP contribution in [0.3, 0.4) is 0 Å². The van der Waals surface area contributed by atoms with E-state index in [0.29, 0.717) is 24.2 Å². The van der Waals surface area contributed by atoms with Gasteiger partial charge in [-0.3, -0.25) is 4.79 Å². The summed E-state index contributed by atoms with van der Waals surface area (Å²) in [7, 11) is 1.46. The van der Waals surface area contributed by atoms with Crippen LogP contribution in [0.2, 0.25) is 0 Å². The molecule has 1 aromatic rings. The van der Waals surface area contributed by atoms with E-state index in [2.05, 4.69) is 0 Å². The molecule has 0 aromatic heterocycles. The number of aliphatic carboxylic acids is 1. The summed E-state index contributed by atoms with van der Waals surface area (Å²) in [6.07, 6.45) is 1.14. The highest BCUT2D eigenvalue weighted by Crippen LogP contribution is 2.53. The van der Waals surface area contributed by atoms with Crippen LogP contribution >= 0.6 is 0 Å². The van der Waals surface area contributed by atoms with E-state index >= 15 is 0 Å². The fraction of sp³-hybridized carbons (Fsp3) is 0.417. The lowest BCUT2D eigenvalue weighted by atomic mass is 9.93. The zero-order valence-corrected chi connectivity index (χ0v) is 9.28. The summed E-state index contributed by atoms with van der Waals surface area (Å²) in [6, 6.07) is 3.45. The predicted molar refractivity (Wildman–Crippen MR) is 57.9 cm³/mol. The number of hydrogen-bond acceptors (Lipinski definition) is 3. The number of phenolic OH excluding ortho intramolecular Hbond substituents is 1. The summed E-state index contributed by atoms with van der Waals surface area (Å²) < 4.78 is 5.08. The first-order valence-corrected chi connectivity index (χ1v) is 5.13. The van der Waals surface area contributed by atoms with Crippen LogP contribution in [0.25, 0.3) is 0 Å².